The smallest absolute Gasteiger partial charge is 0.223 e. The van der Waals surface area contributed by atoms with Crippen LogP contribution in [0.5, 0.6) is 0 Å². The Bertz CT molecular complexity index is 815. The molecule has 0 unspecified atom stereocenters. The summed E-state index contributed by atoms with van der Waals surface area (Å²) in [5.74, 6) is 0.197. The Morgan fingerprint density at radius 1 is 1.00 bits per heavy atom. The lowest BCUT2D eigenvalue weighted by Crippen LogP contribution is -2.48. The molecule has 0 N–H and O–H groups in total. The lowest BCUT2D eigenvalue weighted by atomic mass is 10.1. The second kappa shape index (κ2) is 8.84. The third kappa shape index (κ3) is 4.59. The van der Waals surface area contributed by atoms with Gasteiger partial charge in [-0.2, -0.15) is 0 Å². The molecule has 0 bridgehead atoms. The summed E-state index contributed by atoms with van der Waals surface area (Å²) < 4.78 is 0. The van der Waals surface area contributed by atoms with E-state index in [1.54, 1.807) is 17.5 Å². The van der Waals surface area contributed by atoms with Gasteiger partial charge in [-0.25, -0.2) is 0 Å². The van der Waals surface area contributed by atoms with Crippen molar-refractivity contribution < 1.29 is 9.59 Å². The normalized spacial score (nSPS) is 17.4. The Hall–Kier alpha value is -2.25. The van der Waals surface area contributed by atoms with Crippen LogP contribution in [0, 0.1) is 0 Å². The van der Waals surface area contributed by atoms with Gasteiger partial charge in [0.25, 0.3) is 0 Å². The van der Waals surface area contributed by atoms with Gasteiger partial charge >= 0.3 is 0 Å². The van der Waals surface area contributed by atoms with Crippen molar-refractivity contribution in [3.05, 3.63) is 52.0 Å². The van der Waals surface area contributed by atoms with Crippen LogP contribution in [0.15, 0.2) is 36.0 Å². The van der Waals surface area contributed by atoms with Crippen molar-refractivity contribution in [3.8, 4) is 0 Å². The molecule has 1 saturated heterocycles. The number of fused-ring (bicyclic) bond motifs is 1. The first-order chi connectivity index (χ1) is 13.7. The van der Waals surface area contributed by atoms with E-state index in [1.165, 1.54) is 16.0 Å². The van der Waals surface area contributed by atoms with Crippen LogP contribution in [0.1, 0.15) is 28.8 Å². The molecule has 2 aliphatic heterocycles. The third-order valence-electron chi connectivity index (χ3n) is 5.57. The van der Waals surface area contributed by atoms with Crippen molar-refractivity contribution in [2.75, 3.05) is 32.7 Å². The van der Waals surface area contributed by atoms with Gasteiger partial charge in [-0.15, -0.1) is 11.3 Å². The number of hydrogen-bond acceptors (Lipinski definition) is 5. The Balaban J connectivity index is 1.19. The zero-order valence-corrected chi connectivity index (χ0v) is 16.9. The summed E-state index contributed by atoms with van der Waals surface area (Å²) in [5.41, 5.74) is 2.46. The SMILES string of the molecule is O=C(CCC(=O)N1CCc2sccc2C1)N1CCN(Cc2cccnc2)CC1. The highest BCUT2D eigenvalue weighted by molar-refractivity contribution is 7.10. The number of amides is 2. The van der Waals surface area contributed by atoms with Gasteiger partial charge in [0.05, 0.1) is 0 Å². The summed E-state index contributed by atoms with van der Waals surface area (Å²) in [4.78, 5) is 36.7. The number of pyridine rings is 1. The van der Waals surface area contributed by atoms with Crippen molar-refractivity contribution in [2.24, 2.45) is 0 Å². The second-order valence-electron chi connectivity index (χ2n) is 7.45. The molecule has 4 rings (SSSR count). The van der Waals surface area contributed by atoms with Gasteiger partial charge in [-0.1, -0.05) is 6.07 Å². The molecule has 6 nitrogen and oxygen atoms in total. The predicted octanol–water partition coefficient (Wildman–Crippen LogP) is 2.15. The summed E-state index contributed by atoms with van der Waals surface area (Å²) in [6.45, 7) is 5.52. The molecule has 28 heavy (non-hydrogen) atoms. The molecule has 0 atom stereocenters. The molecule has 148 valence electrons. The topological polar surface area (TPSA) is 56.8 Å². The fraction of sp³-hybridized carbons (Fsp3) is 0.476. The van der Waals surface area contributed by atoms with E-state index in [0.29, 0.717) is 19.4 Å². The quantitative estimate of drug-likeness (QED) is 0.775. The van der Waals surface area contributed by atoms with Crippen molar-refractivity contribution in [2.45, 2.75) is 32.4 Å². The minimum absolute atomic E-state index is 0.0976. The molecule has 2 aromatic rings. The molecule has 2 aliphatic rings. The fourth-order valence-electron chi connectivity index (χ4n) is 3.90. The molecule has 0 saturated carbocycles. The van der Waals surface area contributed by atoms with Crippen LogP contribution < -0.4 is 0 Å². The monoisotopic (exact) mass is 398 g/mol. The van der Waals surface area contributed by atoms with Crippen LogP contribution in [-0.4, -0.2) is 64.2 Å². The Morgan fingerprint density at radius 3 is 2.54 bits per heavy atom. The number of rotatable bonds is 5. The maximum atomic E-state index is 12.5. The average Bonchev–Trinajstić information content (AvgIpc) is 3.21. The maximum Gasteiger partial charge on any atom is 0.223 e. The van der Waals surface area contributed by atoms with Crippen LogP contribution in [0.4, 0.5) is 0 Å². The number of nitrogens with zero attached hydrogens (tertiary/aromatic N) is 4. The summed E-state index contributed by atoms with van der Waals surface area (Å²) in [6, 6.07) is 6.14. The summed E-state index contributed by atoms with van der Waals surface area (Å²) >= 11 is 1.77. The van der Waals surface area contributed by atoms with Gasteiger partial charge in [0.15, 0.2) is 0 Å². The number of piperazine rings is 1. The van der Waals surface area contributed by atoms with Gasteiger partial charge in [-0.05, 0) is 35.1 Å². The number of carbonyl (C=O) groups excluding carboxylic acids is 2. The molecule has 2 amide bonds. The standard InChI is InChI=1S/C21H26N4O2S/c26-20(3-4-21(27)25-8-5-19-18(16-25)6-13-28-19)24-11-9-23(10-12-24)15-17-2-1-7-22-14-17/h1-2,6-7,13-14H,3-5,8-12,15-16H2. The number of carbonyl (C=O) groups is 2. The second-order valence-corrected chi connectivity index (χ2v) is 8.45. The molecule has 1 fully saturated rings. The van der Waals surface area contributed by atoms with Crippen molar-refractivity contribution in [1.82, 2.24) is 19.7 Å². The number of aromatic nitrogens is 1. The maximum absolute atomic E-state index is 12.5. The van der Waals surface area contributed by atoms with E-state index in [9.17, 15) is 9.59 Å². The molecule has 0 aliphatic carbocycles. The largest absolute Gasteiger partial charge is 0.340 e. The first kappa shape index (κ1) is 19.1. The van der Waals surface area contributed by atoms with Crippen LogP contribution in [0.25, 0.3) is 0 Å². The predicted molar refractivity (Wildman–Crippen MR) is 109 cm³/mol. The molecule has 0 radical (unpaired) electrons. The Morgan fingerprint density at radius 2 is 1.79 bits per heavy atom. The highest BCUT2D eigenvalue weighted by atomic mass is 32.1. The van der Waals surface area contributed by atoms with Crippen molar-refractivity contribution in [3.63, 3.8) is 0 Å². The first-order valence-electron chi connectivity index (χ1n) is 9.91. The zero-order chi connectivity index (χ0) is 19.3. The van der Waals surface area contributed by atoms with Crippen LogP contribution in [0.3, 0.4) is 0 Å². The van der Waals surface area contributed by atoms with Gasteiger partial charge in [0.1, 0.15) is 0 Å². The number of hydrogen-bond donors (Lipinski definition) is 0. The Kier molecular flexibility index (Phi) is 6.02. The van der Waals surface area contributed by atoms with Crippen LogP contribution in [-0.2, 0) is 29.1 Å². The molecule has 0 spiro atoms. The molecule has 2 aromatic heterocycles. The van der Waals surface area contributed by atoms with E-state index in [-0.39, 0.29) is 11.8 Å². The van der Waals surface area contributed by atoms with Crippen LogP contribution in [0.2, 0.25) is 0 Å². The molecular formula is C21H26N4O2S. The number of thiophene rings is 1. The highest BCUT2D eigenvalue weighted by Crippen LogP contribution is 2.24. The van der Waals surface area contributed by atoms with E-state index < -0.39 is 0 Å². The average molecular weight is 399 g/mol. The van der Waals surface area contributed by atoms with Crippen molar-refractivity contribution >= 4 is 23.2 Å². The molecule has 4 heterocycles. The van der Waals surface area contributed by atoms with Gasteiger partial charge in [0.2, 0.25) is 11.8 Å². The minimum atomic E-state index is 0.0976. The highest BCUT2D eigenvalue weighted by Gasteiger charge is 2.24. The lowest BCUT2D eigenvalue weighted by molar-refractivity contribution is -0.138. The Labute approximate surface area is 169 Å². The summed E-state index contributed by atoms with van der Waals surface area (Å²) in [7, 11) is 0. The third-order valence-corrected chi connectivity index (χ3v) is 6.59. The fourth-order valence-corrected chi connectivity index (χ4v) is 4.79. The molecule has 7 heteroatoms. The first-order valence-corrected chi connectivity index (χ1v) is 10.8. The molecule has 0 aromatic carbocycles. The van der Waals surface area contributed by atoms with Gasteiger partial charge in [-0.3, -0.25) is 19.5 Å². The van der Waals surface area contributed by atoms with E-state index in [2.05, 4.69) is 27.4 Å². The minimum Gasteiger partial charge on any atom is -0.340 e. The van der Waals surface area contributed by atoms with Crippen molar-refractivity contribution in [1.29, 1.82) is 0 Å². The molecular weight excluding hydrogens is 372 g/mol. The summed E-state index contributed by atoms with van der Waals surface area (Å²) in [6.07, 6.45) is 5.24. The van der Waals surface area contributed by atoms with Crippen LogP contribution >= 0.6 is 11.3 Å². The van der Waals surface area contributed by atoms with Gasteiger partial charge in [0, 0.05) is 75.9 Å². The van der Waals surface area contributed by atoms with E-state index in [0.717, 1.165) is 45.7 Å². The lowest BCUT2D eigenvalue weighted by Gasteiger charge is -2.35. The summed E-state index contributed by atoms with van der Waals surface area (Å²) in [5, 5.41) is 2.09. The van der Waals surface area contributed by atoms with E-state index in [1.807, 2.05) is 22.1 Å². The van der Waals surface area contributed by atoms with Gasteiger partial charge < -0.3 is 9.80 Å². The zero-order valence-electron chi connectivity index (χ0n) is 16.0. The van der Waals surface area contributed by atoms with E-state index >= 15 is 0 Å². The van der Waals surface area contributed by atoms with E-state index in [4.69, 9.17) is 0 Å².